The lowest BCUT2D eigenvalue weighted by Crippen LogP contribution is -2.59. The third kappa shape index (κ3) is 4.43. The van der Waals surface area contributed by atoms with E-state index in [2.05, 4.69) is 27.7 Å². The van der Waals surface area contributed by atoms with Crippen molar-refractivity contribution >= 4 is 28.3 Å². The second-order valence-corrected chi connectivity index (χ2v) is 7.58. The van der Waals surface area contributed by atoms with E-state index in [-0.39, 0.29) is 24.7 Å². The predicted molar refractivity (Wildman–Crippen MR) is 98.3 cm³/mol. The smallest absolute Gasteiger partial charge is 0.317 e. The second kappa shape index (κ2) is 8.05. The second-order valence-electron chi connectivity index (χ2n) is 6.65. The zero-order valence-corrected chi connectivity index (χ0v) is 15.4. The van der Waals surface area contributed by atoms with E-state index in [1.807, 2.05) is 16.7 Å². The summed E-state index contributed by atoms with van der Waals surface area (Å²) in [5.74, 6) is -0.794. The summed E-state index contributed by atoms with van der Waals surface area (Å²) in [5, 5.41) is 15.4. The Bertz CT molecular complexity index is 581. The minimum atomic E-state index is -0.794. The van der Waals surface area contributed by atoms with Gasteiger partial charge in [-0.2, -0.15) is 0 Å². The molecule has 2 heterocycles. The van der Waals surface area contributed by atoms with E-state index >= 15 is 0 Å². The Morgan fingerprint density at radius 3 is 2.60 bits per heavy atom. The summed E-state index contributed by atoms with van der Waals surface area (Å²) in [7, 11) is 0. The van der Waals surface area contributed by atoms with Crippen molar-refractivity contribution in [2.75, 3.05) is 44.2 Å². The molecule has 2 fully saturated rings. The molecule has 7 nitrogen and oxygen atoms in total. The largest absolute Gasteiger partial charge is 0.480 e. The summed E-state index contributed by atoms with van der Waals surface area (Å²) in [6.45, 7) is 5.98. The van der Waals surface area contributed by atoms with Gasteiger partial charge in [0.05, 0.1) is 11.5 Å². The van der Waals surface area contributed by atoms with Crippen LogP contribution in [0, 0.1) is 0 Å². The number of thiophene rings is 1. The summed E-state index contributed by atoms with van der Waals surface area (Å²) >= 11 is 1.73. The molecule has 138 valence electrons. The van der Waals surface area contributed by atoms with E-state index in [9.17, 15) is 9.59 Å². The van der Waals surface area contributed by atoms with Crippen LogP contribution in [0.15, 0.2) is 17.5 Å². The van der Waals surface area contributed by atoms with Gasteiger partial charge in [-0.05, 0) is 36.9 Å². The normalized spacial score (nSPS) is 23.4. The monoisotopic (exact) mass is 366 g/mol. The van der Waals surface area contributed by atoms with Gasteiger partial charge in [-0.15, -0.1) is 11.3 Å². The molecule has 0 bridgehead atoms. The summed E-state index contributed by atoms with van der Waals surface area (Å²) in [6, 6.07) is 4.61. The number of likely N-dealkylation sites (N-methyl/N-ethyl adjacent to an activating group) is 1. The van der Waals surface area contributed by atoms with Gasteiger partial charge in [-0.3, -0.25) is 9.69 Å². The Hall–Kier alpha value is -1.80. The maximum Gasteiger partial charge on any atom is 0.317 e. The van der Waals surface area contributed by atoms with E-state index < -0.39 is 5.97 Å². The van der Waals surface area contributed by atoms with Crippen LogP contribution in [0.25, 0.3) is 0 Å². The van der Waals surface area contributed by atoms with Gasteiger partial charge >= 0.3 is 12.0 Å². The Balaban J connectivity index is 1.39. The number of carboxylic acids is 1. The van der Waals surface area contributed by atoms with Crippen molar-refractivity contribution in [3.05, 3.63) is 17.5 Å². The molecule has 25 heavy (non-hydrogen) atoms. The summed E-state index contributed by atoms with van der Waals surface area (Å²) in [4.78, 5) is 29.4. The van der Waals surface area contributed by atoms with Crippen LogP contribution in [-0.2, 0) is 4.79 Å². The molecule has 2 amide bonds. The predicted octanol–water partition coefficient (Wildman–Crippen LogP) is 1.52. The number of piperazine rings is 1. The molecule has 0 unspecified atom stereocenters. The topological polar surface area (TPSA) is 76.1 Å². The number of nitrogens with zero attached hydrogens (tertiary/aromatic N) is 3. The van der Waals surface area contributed by atoms with Gasteiger partial charge in [0.25, 0.3) is 0 Å². The van der Waals surface area contributed by atoms with Crippen LogP contribution < -0.4 is 10.2 Å². The number of hydrogen-bond acceptors (Lipinski definition) is 5. The van der Waals surface area contributed by atoms with Gasteiger partial charge in [0.15, 0.2) is 0 Å². The molecule has 0 spiro atoms. The minimum Gasteiger partial charge on any atom is -0.480 e. The van der Waals surface area contributed by atoms with E-state index in [1.54, 1.807) is 11.3 Å². The number of amides is 2. The fourth-order valence-corrected chi connectivity index (χ4v) is 4.31. The highest BCUT2D eigenvalue weighted by molar-refractivity contribution is 7.14. The molecule has 1 saturated heterocycles. The van der Waals surface area contributed by atoms with Crippen LogP contribution in [0.2, 0.25) is 0 Å². The zero-order valence-electron chi connectivity index (χ0n) is 14.6. The molecule has 1 aromatic rings. The molecule has 1 aromatic heterocycles. The van der Waals surface area contributed by atoms with Crippen LogP contribution in [0.3, 0.4) is 0 Å². The van der Waals surface area contributed by atoms with Crippen LogP contribution in [0.1, 0.15) is 19.8 Å². The molecule has 1 saturated carbocycles. The number of aliphatic carboxylic acids is 1. The number of hydrogen-bond donors (Lipinski definition) is 2. The van der Waals surface area contributed by atoms with Gasteiger partial charge in [-0.25, -0.2) is 4.79 Å². The van der Waals surface area contributed by atoms with E-state index in [0.717, 1.165) is 45.6 Å². The zero-order chi connectivity index (χ0) is 17.8. The molecule has 2 aliphatic rings. The molecule has 2 N–H and O–H groups in total. The minimum absolute atomic E-state index is 0.00978. The third-order valence-electron chi connectivity index (χ3n) is 5.09. The first-order chi connectivity index (χ1) is 12.1. The van der Waals surface area contributed by atoms with Crippen molar-refractivity contribution in [2.24, 2.45) is 0 Å². The van der Waals surface area contributed by atoms with Crippen molar-refractivity contribution in [1.29, 1.82) is 0 Å². The van der Waals surface area contributed by atoms with E-state index in [4.69, 9.17) is 5.11 Å². The van der Waals surface area contributed by atoms with Gasteiger partial charge < -0.3 is 20.2 Å². The molecule has 8 heteroatoms. The number of urea groups is 1. The molecule has 3 rings (SSSR count). The van der Waals surface area contributed by atoms with E-state index in [0.29, 0.717) is 0 Å². The Morgan fingerprint density at radius 1 is 1.32 bits per heavy atom. The Labute approximate surface area is 152 Å². The average molecular weight is 366 g/mol. The van der Waals surface area contributed by atoms with Crippen LogP contribution in [0.4, 0.5) is 9.80 Å². The maximum absolute atomic E-state index is 12.4. The number of rotatable bonds is 6. The standard InChI is InChI=1S/C17H26N4O3S/c1-2-19(12-16(22)23)14-10-13(11-14)18-17(24)21-7-5-20(6-8-21)15-4-3-9-25-15/h3-4,9,13-14H,2,5-8,10-12H2,1H3,(H,18,24)(H,22,23). The number of nitrogens with one attached hydrogen (secondary N) is 1. The quantitative estimate of drug-likeness (QED) is 0.798. The van der Waals surface area contributed by atoms with Crippen molar-refractivity contribution in [3.8, 4) is 0 Å². The summed E-state index contributed by atoms with van der Waals surface area (Å²) in [6.07, 6.45) is 1.67. The molecule has 0 atom stereocenters. The van der Waals surface area contributed by atoms with Crippen LogP contribution in [-0.4, -0.2) is 78.3 Å². The highest BCUT2D eigenvalue weighted by Crippen LogP contribution is 2.26. The lowest BCUT2D eigenvalue weighted by molar-refractivity contribution is -0.139. The Morgan fingerprint density at radius 2 is 2.04 bits per heavy atom. The molecule has 0 aromatic carbocycles. The van der Waals surface area contributed by atoms with Crippen molar-refractivity contribution in [3.63, 3.8) is 0 Å². The lowest BCUT2D eigenvalue weighted by atomic mass is 9.85. The van der Waals surface area contributed by atoms with Crippen molar-refractivity contribution in [1.82, 2.24) is 15.1 Å². The highest BCUT2D eigenvalue weighted by Gasteiger charge is 2.35. The molecular formula is C17H26N4O3S. The third-order valence-corrected chi connectivity index (χ3v) is 6.02. The first-order valence-electron chi connectivity index (χ1n) is 8.86. The summed E-state index contributed by atoms with van der Waals surface area (Å²) < 4.78 is 0. The van der Waals surface area contributed by atoms with E-state index in [1.165, 1.54) is 5.00 Å². The van der Waals surface area contributed by atoms with Crippen LogP contribution in [0.5, 0.6) is 0 Å². The van der Waals surface area contributed by atoms with Crippen molar-refractivity contribution in [2.45, 2.75) is 31.8 Å². The fraction of sp³-hybridized carbons (Fsp3) is 0.647. The van der Waals surface area contributed by atoms with Gasteiger partial charge in [-0.1, -0.05) is 6.92 Å². The first-order valence-corrected chi connectivity index (χ1v) is 9.74. The molecule has 0 radical (unpaired) electrons. The fourth-order valence-electron chi connectivity index (χ4n) is 3.52. The van der Waals surface area contributed by atoms with Gasteiger partial charge in [0.1, 0.15) is 0 Å². The van der Waals surface area contributed by atoms with Gasteiger partial charge in [0, 0.05) is 38.3 Å². The SMILES string of the molecule is CCN(CC(=O)O)C1CC(NC(=O)N2CCN(c3cccs3)CC2)C1. The number of carboxylic acid groups (broad SMARTS) is 1. The first kappa shape index (κ1) is 18.0. The van der Waals surface area contributed by atoms with Crippen LogP contribution >= 0.6 is 11.3 Å². The maximum atomic E-state index is 12.4. The Kier molecular flexibility index (Phi) is 5.80. The number of carbonyl (C=O) groups is 2. The molecule has 1 aliphatic carbocycles. The van der Waals surface area contributed by atoms with Crippen molar-refractivity contribution < 1.29 is 14.7 Å². The molecular weight excluding hydrogens is 340 g/mol. The molecule has 1 aliphatic heterocycles. The number of carbonyl (C=O) groups excluding carboxylic acids is 1. The lowest BCUT2D eigenvalue weighted by Gasteiger charge is -2.43. The summed E-state index contributed by atoms with van der Waals surface area (Å²) in [5.41, 5.74) is 0. The highest BCUT2D eigenvalue weighted by atomic mass is 32.1. The number of anilines is 1. The average Bonchev–Trinajstić information content (AvgIpc) is 3.10. The van der Waals surface area contributed by atoms with Gasteiger partial charge in [0.2, 0.25) is 0 Å².